The van der Waals surface area contributed by atoms with Crippen molar-refractivity contribution in [1.29, 1.82) is 0 Å². The highest BCUT2D eigenvalue weighted by molar-refractivity contribution is 6.32. The number of likely N-dealkylation sites (tertiary alicyclic amines) is 1. The molecule has 144 valence electrons. The van der Waals surface area contributed by atoms with Crippen LogP contribution in [0.4, 0.5) is 0 Å². The molecule has 2 aromatic carbocycles. The number of benzene rings is 2. The Kier molecular flexibility index (Phi) is 5.69. The molecule has 28 heavy (non-hydrogen) atoms. The SMILES string of the molecule is O=C(NC1CCN(Cc2ccccc2)CC1)c1cnnn1-c1ccccc1Cl. The third-order valence-corrected chi connectivity index (χ3v) is 5.35. The van der Waals surface area contributed by atoms with E-state index in [4.69, 9.17) is 11.6 Å². The number of aromatic nitrogens is 3. The molecule has 1 N–H and O–H groups in total. The zero-order chi connectivity index (χ0) is 19.3. The quantitative estimate of drug-likeness (QED) is 0.719. The molecular weight excluding hydrogens is 374 g/mol. The minimum atomic E-state index is -0.175. The van der Waals surface area contributed by atoms with Crippen LogP contribution in [0.2, 0.25) is 5.02 Å². The van der Waals surface area contributed by atoms with Crippen LogP contribution in [0.3, 0.4) is 0 Å². The molecule has 1 aromatic heterocycles. The van der Waals surface area contributed by atoms with Gasteiger partial charge in [-0.25, -0.2) is 4.68 Å². The zero-order valence-electron chi connectivity index (χ0n) is 15.5. The third kappa shape index (κ3) is 4.24. The average Bonchev–Trinajstić information content (AvgIpc) is 3.20. The molecule has 6 nitrogen and oxygen atoms in total. The first-order chi connectivity index (χ1) is 13.7. The molecule has 0 bridgehead atoms. The maximum absolute atomic E-state index is 12.8. The van der Waals surface area contributed by atoms with E-state index in [0.717, 1.165) is 32.5 Å². The van der Waals surface area contributed by atoms with Gasteiger partial charge in [-0.15, -0.1) is 5.10 Å². The number of halogens is 1. The van der Waals surface area contributed by atoms with Crippen LogP contribution in [0.25, 0.3) is 5.69 Å². The van der Waals surface area contributed by atoms with Gasteiger partial charge in [0.05, 0.1) is 16.9 Å². The highest BCUT2D eigenvalue weighted by Crippen LogP contribution is 2.20. The van der Waals surface area contributed by atoms with Crippen LogP contribution < -0.4 is 5.32 Å². The first-order valence-corrected chi connectivity index (χ1v) is 9.81. The van der Waals surface area contributed by atoms with Gasteiger partial charge in [-0.05, 0) is 30.5 Å². The van der Waals surface area contributed by atoms with E-state index in [2.05, 4.69) is 44.8 Å². The van der Waals surface area contributed by atoms with Crippen LogP contribution in [0.5, 0.6) is 0 Å². The molecule has 0 aliphatic carbocycles. The summed E-state index contributed by atoms with van der Waals surface area (Å²) < 4.78 is 1.49. The molecule has 1 fully saturated rings. The zero-order valence-corrected chi connectivity index (χ0v) is 16.2. The van der Waals surface area contributed by atoms with Crippen molar-refractivity contribution in [1.82, 2.24) is 25.2 Å². The highest BCUT2D eigenvalue weighted by atomic mass is 35.5. The second-order valence-corrected chi connectivity index (χ2v) is 7.40. The van der Waals surface area contributed by atoms with E-state index < -0.39 is 0 Å². The summed E-state index contributed by atoms with van der Waals surface area (Å²) >= 11 is 6.24. The van der Waals surface area contributed by atoms with Crippen LogP contribution in [0, 0.1) is 0 Å². The number of hydrogen-bond acceptors (Lipinski definition) is 4. The summed E-state index contributed by atoms with van der Waals surface area (Å²) in [5.41, 5.74) is 2.35. The molecule has 1 saturated heterocycles. The molecule has 3 aromatic rings. The van der Waals surface area contributed by atoms with Crippen molar-refractivity contribution >= 4 is 17.5 Å². The largest absolute Gasteiger partial charge is 0.348 e. The first kappa shape index (κ1) is 18.7. The molecule has 0 spiro atoms. The number of nitrogens with zero attached hydrogens (tertiary/aromatic N) is 4. The van der Waals surface area contributed by atoms with E-state index >= 15 is 0 Å². The Hall–Kier alpha value is -2.70. The highest BCUT2D eigenvalue weighted by Gasteiger charge is 2.23. The average molecular weight is 396 g/mol. The lowest BCUT2D eigenvalue weighted by Gasteiger charge is -2.32. The Bertz CT molecular complexity index is 935. The minimum absolute atomic E-state index is 0.147. The molecule has 7 heteroatoms. The first-order valence-electron chi connectivity index (χ1n) is 9.43. The third-order valence-electron chi connectivity index (χ3n) is 5.03. The Morgan fingerprint density at radius 2 is 1.79 bits per heavy atom. The van der Waals surface area contributed by atoms with Crippen molar-refractivity contribution in [2.45, 2.75) is 25.4 Å². The van der Waals surface area contributed by atoms with Gasteiger partial charge in [0.15, 0.2) is 5.69 Å². The Morgan fingerprint density at radius 1 is 1.07 bits per heavy atom. The van der Waals surface area contributed by atoms with Gasteiger partial charge in [0.25, 0.3) is 5.91 Å². The molecule has 0 atom stereocenters. The molecule has 0 radical (unpaired) electrons. The predicted molar refractivity (Wildman–Crippen MR) is 109 cm³/mol. The van der Waals surface area contributed by atoms with Gasteiger partial charge in [0, 0.05) is 25.7 Å². The lowest BCUT2D eigenvalue weighted by atomic mass is 10.0. The summed E-state index contributed by atoms with van der Waals surface area (Å²) in [6.07, 6.45) is 3.32. The van der Waals surface area contributed by atoms with Crippen molar-refractivity contribution in [3.63, 3.8) is 0 Å². The Labute approximate surface area is 169 Å². The van der Waals surface area contributed by atoms with Crippen LogP contribution in [0.15, 0.2) is 60.8 Å². The fourth-order valence-electron chi connectivity index (χ4n) is 3.53. The van der Waals surface area contributed by atoms with Gasteiger partial charge >= 0.3 is 0 Å². The number of carbonyl (C=O) groups is 1. The summed E-state index contributed by atoms with van der Waals surface area (Å²) in [5.74, 6) is -0.175. The summed E-state index contributed by atoms with van der Waals surface area (Å²) in [5, 5.41) is 11.6. The number of para-hydroxylation sites is 1. The minimum Gasteiger partial charge on any atom is -0.348 e. The van der Waals surface area contributed by atoms with Gasteiger partial charge in [0.1, 0.15) is 0 Å². The second kappa shape index (κ2) is 8.54. The normalized spacial score (nSPS) is 15.5. The van der Waals surface area contributed by atoms with Gasteiger partial charge in [0.2, 0.25) is 0 Å². The molecule has 2 heterocycles. The molecule has 1 aliphatic rings. The Balaban J connectivity index is 1.36. The molecular formula is C21H22ClN5O. The van der Waals surface area contributed by atoms with Crippen molar-refractivity contribution in [2.24, 2.45) is 0 Å². The van der Waals surface area contributed by atoms with Gasteiger partial charge in [-0.1, -0.05) is 59.3 Å². The summed E-state index contributed by atoms with van der Waals surface area (Å²) in [6.45, 7) is 2.87. The molecule has 0 unspecified atom stereocenters. The predicted octanol–water partition coefficient (Wildman–Crippen LogP) is 3.32. The maximum Gasteiger partial charge on any atom is 0.271 e. The smallest absolute Gasteiger partial charge is 0.271 e. The number of rotatable bonds is 5. The number of nitrogens with one attached hydrogen (secondary N) is 1. The van der Waals surface area contributed by atoms with Crippen molar-refractivity contribution in [2.75, 3.05) is 13.1 Å². The van der Waals surface area contributed by atoms with Crippen LogP contribution >= 0.6 is 11.6 Å². The van der Waals surface area contributed by atoms with Crippen molar-refractivity contribution in [3.05, 3.63) is 77.1 Å². The van der Waals surface area contributed by atoms with Crippen molar-refractivity contribution in [3.8, 4) is 5.69 Å². The molecule has 4 rings (SSSR count). The van der Waals surface area contributed by atoms with E-state index in [0.29, 0.717) is 16.4 Å². The summed E-state index contributed by atoms with van der Waals surface area (Å²) in [6, 6.07) is 17.9. The number of hydrogen-bond donors (Lipinski definition) is 1. The number of piperidine rings is 1. The Morgan fingerprint density at radius 3 is 2.54 bits per heavy atom. The summed E-state index contributed by atoms with van der Waals surface area (Å²) in [7, 11) is 0. The van der Waals surface area contributed by atoms with Crippen LogP contribution in [-0.2, 0) is 6.54 Å². The van der Waals surface area contributed by atoms with Crippen LogP contribution in [0.1, 0.15) is 28.9 Å². The van der Waals surface area contributed by atoms with Crippen LogP contribution in [-0.4, -0.2) is 44.9 Å². The fraction of sp³-hybridized carbons (Fsp3) is 0.286. The lowest BCUT2D eigenvalue weighted by Crippen LogP contribution is -2.44. The molecule has 0 saturated carbocycles. The number of carbonyl (C=O) groups excluding carboxylic acids is 1. The lowest BCUT2D eigenvalue weighted by molar-refractivity contribution is 0.0901. The fourth-order valence-corrected chi connectivity index (χ4v) is 3.74. The van der Waals surface area contributed by atoms with E-state index in [1.54, 1.807) is 6.07 Å². The van der Waals surface area contributed by atoms with E-state index in [9.17, 15) is 4.79 Å². The standard InChI is InChI=1S/C21H22ClN5O/c22-18-8-4-5-9-19(18)27-20(14-23-25-27)21(28)24-17-10-12-26(13-11-17)15-16-6-2-1-3-7-16/h1-9,14,17H,10-13,15H2,(H,24,28). The number of amides is 1. The van der Waals surface area contributed by atoms with Gasteiger partial charge in [-0.2, -0.15) is 0 Å². The van der Waals surface area contributed by atoms with E-state index in [1.807, 2.05) is 24.3 Å². The van der Waals surface area contributed by atoms with E-state index in [1.165, 1.54) is 16.4 Å². The molecule has 1 aliphatic heterocycles. The maximum atomic E-state index is 12.8. The topological polar surface area (TPSA) is 63.1 Å². The van der Waals surface area contributed by atoms with E-state index in [-0.39, 0.29) is 11.9 Å². The monoisotopic (exact) mass is 395 g/mol. The molecule has 1 amide bonds. The van der Waals surface area contributed by atoms with Gasteiger partial charge < -0.3 is 5.32 Å². The van der Waals surface area contributed by atoms with Crippen molar-refractivity contribution < 1.29 is 4.79 Å². The van der Waals surface area contributed by atoms with Gasteiger partial charge in [-0.3, -0.25) is 9.69 Å². The summed E-state index contributed by atoms with van der Waals surface area (Å²) in [4.78, 5) is 15.2. The second-order valence-electron chi connectivity index (χ2n) is 6.99.